The molecule has 4 heterocycles. The largest absolute Gasteiger partial charge is 0.367 e. The summed E-state index contributed by atoms with van der Waals surface area (Å²) in [6, 6.07) is 9.55. The van der Waals surface area contributed by atoms with E-state index >= 15 is 0 Å². The summed E-state index contributed by atoms with van der Waals surface area (Å²) in [4.78, 5) is 25.9. The molecule has 0 saturated heterocycles. The minimum absolute atomic E-state index is 0.243. The predicted molar refractivity (Wildman–Crippen MR) is 122 cm³/mol. The zero-order valence-electron chi connectivity index (χ0n) is 18.2. The van der Waals surface area contributed by atoms with Gasteiger partial charge in [-0.1, -0.05) is 0 Å². The van der Waals surface area contributed by atoms with Gasteiger partial charge in [0.2, 0.25) is 5.95 Å². The molecule has 33 heavy (non-hydrogen) atoms. The van der Waals surface area contributed by atoms with Crippen LogP contribution in [0.5, 0.6) is 0 Å². The maximum atomic E-state index is 12.8. The van der Waals surface area contributed by atoms with Gasteiger partial charge < -0.3 is 10.6 Å². The Labute approximate surface area is 189 Å². The summed E-state index contributed by atoms with van der Waals surface area (Å²) in [6.07, 6.45) is 6.23. The Morgan fingerprint density at radius 3 is 2.58 bits per heavy atom. The molecule has 1 saturated carbocycles. The third-order valence-electron chi connectivity index (χ3n) is 5.82. The second-order valence-corrected chi connectivity index (χ2v) is 8.15. The lowest BCUT2D eigenvalue weighted by atomic mass is 10.2. The first-order valence-electron chi connectivity index (χ1n) is 10.7. The van der Waals surface area contributed by atoms with Crippen LogP contribution < -0.4 is 16.3 Å². The monoisotopic (exact) mass is 442 g/mol. The van der Waals surface area contributed by atoms with Crippen molar-refractivity contribution in [2.75, 3.05) is 10.6 Å². The Hall–Kier alpha value is -4.33. The molecule has 4 aromatic heterocycles. The molecule has 166 valence electrons. The van der Waals surface area contributed by atoms with Gasteiger partial charge in [-0.15, -0.1) is 5.10 Å². The molecule has 0 amide bonds. The van der Waals surface area contributed by atoms with E-state index in [-0.39, 0.29) is 23.5 Å². The number of anilines is 2. The van der Waals surface area contributed by atoms with Gasteiger partial charge in [-0.2, -0.15) is 10.4 Å². The maximum Gasteiger partial charge on any atom is 0.334 e. The molecular weight excluding hydrogens is 420 g/mol. The van der Waals surface area contributed by atoms with E-state index < -0.39 is 0 Å². The average molecular weight is 442 g/mol. The van der Waals surface area contributed by atoms with Crippen molar-refractivity contribution in [1.29, 1.82) is 5.26 Å². The second kappa shape index (κ2) is 8.31. The van der Waals surface area contributed by atoms with E-state index in [9.17, 15) is 10.1 Å². The minimum atomic E-state index is -0.243. The van der Waals surface area contributed by atoms with Crippen molar-refractivity contribution in [2.45, 2.75) is 38.3 Å². The van der Waals surface area contributed by atoms with Crippen LogP contribution in [0, 0.1) is 18.3 Å². The summed E-state index contributed by atoms with van der Waals surface area (Å²) in [5.74, 6) is 1.28. The Morgan fingerprint density at radius 2 is 1.88 bits per heavy atom. The number of hydrogen-bond donors (Lipinski definition) is 2. The average Bonchev–Trinajstić information content (AvgIpc) is 3.37. The smallest absolute Gasteiger partial charge is 0.334 e. The third-order valence-corrected chi connectivity index (χ3v) is 5.82. The molecule has 1 aliphatic carbocycles. The normalized spacial score (nSPS) is 17.7. The number of fused-ring (bicyclic) bond motifs is 1. The van der Waals surface area contributed by atoms with Crippen LogP contribution in [0.3, 0.4) is 0 Å². The van der Waals surface area contributed by atoms with Gasteiger partial charge in [-0.25, -0.2) is 24.3 Å². The van der Waals surface area contributed by atoms with Gasteiger partial charge in [0, 0.05) is 19.1 Å². The van der Waals surface area contributed by atoms with Crippen LogP contribution in [0.15, 0.2) is 41.5 Å². The first-order chi connectivity index (χ1) is 16.0. The number of aromatic nitrogens is 7. The predicted octanol–water partition coefficient (Wildman–Crippen LogP) is 1.93. The van der Waals surface area contributed by atoms with Gasteiger partial charge in [-0.3, -0.25) is 4.57 Å². The Bertz CT molecular complexity index is 1400. The molecule has 0 unspecified atom stereocenters. The summed E-state index contributed by atoms with van der Waals surface area (Å²) in [5, 5.41) is 24.1. The van der Waals surface area contributed by atoms with Crippen molar-refractivity contribution in [3.05, 3.63) is 58.5 Å². The number of rotatable bonds is 5. The molecular formula is C22H22N10O. The van der Waals surface area contributed by atoms with E-state index in [1.807, 2.05) is 25.1 Å². The molecule has 11 heteroatoms. The van der Waals surface area contributed by atoms with Crippen molar-refractivity contribution in [2.24, 2.45) is 7.05 Å². The van der Waals surface area contributed by atoms with E-state index in [2.05, 4.69) is 35.8 Å². The highest BCUT2D eigenvalue weighted by Crippen LogP contribution is 2.25. The van der Waals surface area contributed by atoms with Crippen LogP contribution in [0.2, 0.25) is 0 Å². The fraction of sp³-hybridized carbons (Fsp3) is 0.318. The van der Waals surface area contributed by atoms with Gasteiger partial charge in [0.1, 0.15) is 17.6 Å². The van der Waals surface area contributed by atoms with E-state index in [1.54, 1.807) is 31.6 Å². The van der Waals surface area contributed by atoms with Crippen LogP contribution in [0.1, 0.15) is 30.7 Å². The highest BCUT2D eigenvalue weighted by atomic mass is 16.1. The fourth-order valence-electron chi connectivity index (χ4n) is 4.14. The molecule has 0 radical (unpaired) electrons. The number of aryl methyl sites for hydroxylation is 2. The lowest BCUT2D eigenvalue weighted by molar-refractivity contribution is 0.712. The summed E-state index contributed by atoms with van der Waals surface area (Å²) in [7, 11) is 1.68. The van der Waals surface area contributed by atoms with Gasteiger partial charge >= 0.3 is 5.69 Å². The molecule has 0 spiro atoms. The number of pyridine rings is 2. The Kier molecular flexibility index (Phi) is 5.18. The van der Waals surface area contributed by atoms with Crippen molar-refractivity contribution in [3.8, 4) is 11.8 Å². The van der Waals surface area contributed by atoms with E-state index in [1.165, 1.54) is 9.13 Å². The molecule has 2 atom stereocenters. The lowest BCUT2D eigenvalue weighted by Crippen LogP contribution is -2.23. The molecule has 1 fully saturated rings. The maximum absolute atomic E-state index is 12.8. The molecule has 0 aromatic carbocycles. The standard InChI is InChI=1S/C22H22N10O/c1-13-11-25-21(30-29-13)28-15-4-3-14(9-15)26-19-8-6-17(12-24-19)32-20-18(31(2)22(32)33)7-5-16(10-23)27-20/h5-8,11-12,14-15H,3-4,9H2,1-2H3,(H,24,26)(H,25,28,30)/t14-,15-/m0/s1. The van der Waals surface area contributed by atoms with Crippen LogP contribution >= 0.6 is 0 Å². The van der Waals surface area contributed by atoms with E-state index in [4.69, 9.17) is 0 Å². The lowest BCUT2D eigenvalue weighted by Gasteiger charge is -2.15. The number of hydrogen-bond acceptors (Lipinski definition) is 9. The molecule has 11 nitrogen and oxygen atoms in total. The van der Waals surface area contributed by atoms with Gasteiger partial charge in [0.05, 0.1) is 29.3 Å². The van der Waals surface area contributed by atoms with Crippen LogP contribution in [-0.2, 0) is 7.05 Å². The summed E-state index contributed by atoms with van der Waals surface area (Å²) in [5.41, 5.74) is 2.47. The van der Waals surface area contributed by atoms with Crippen molar-refractivity contribution in [3.63, 3.8) is 0 Å². The van der Waals surface area contributed by atoms with E-state index in [0.29, 0.717) is 22.8 Å². The zero-order valence-corrected chi connectivity index (χ0v) is 18.2. The number of imidazole rings is 1. The third kappa shape index (κ3) is 3.98. The number of nitrogens with one attached hydrogen (secondary N) is 2. The Morgan fingerprint density at radius 1 is 1.06 bits per heavy atom. The van der Waals surface area contributed by atoms with E-state index in [0.717, 1.165) is 30.8 Å². The topological polar surface area (TPSA) is 139 Å². The first kappa shape index (κ1) is 20.6. The number of nitrogens with zero attached hydrogens (tertiary/aromatic N) is 8. The summed E-state index contributed by atoms with van der Waals surface area (Å²) >= 11 is 0. The molecule has 1 aliphatic rings. The van der Waals surface area contributed by atoms with Crippen molar-refractivity contribution >= 4 is 22.9 Å². The first-order valence-corrected chi connectivity index (χ1v) is 10.7. The SMILES string of the molecule is Cc1cnc(N[C@H]2CC[C@H](Nc3ccc(-n4c(=O)n(C)c5ccc(C#N)nc54)cn3)C2)nn1. The summed E-state index contributed by atoms with van der Waals surface area (Å²) in [6.45, 7) is 1.86. The molecule has 5 rings (SSSR count). The Balaban J connectivity index is 1.30. The quantitative estimate of drug-likeness (QED) is 0.474. The van der Waals surface area contributed by atoms with Gasteiger partial charge in [0.25, 0.3) is 0 Å². The molecule has 0 aliphatic heterocycles. The second-order valence-electron chi connectivity index (χ2n) is 8.15. The van der Waals surface area contributed by atoms with Crippen LogP contribution in [0.25, 0.3) is 16.9 Å². The highest BCUT2D eigenvalue weighted by Gasteiger charge is 2.25. The number of nitriles is 1. The molecule has 0 bridgehead atoms. The fourth-order valence-corrected chi connectivity index (χ4v) is 4.14. The van der Waals surface area contributed by atoms with Crippen molar-refractivity contribution in [1.82, 2.24) is 34.3 Å². The highest BCUT2D eigenvalue weighted by molar-refractivity contribution is 5.74. The molecule has 2 N–H and O–H groups in total. The van der Waals surface area contributed by atoms with Gasteiger partial charge in [0.15, 0.2) is 5.65 Å². The molecule has 4 aromatic rings. The van der Waals surface area contributed by atoms with Crippen LogP contribution in [-0.4, -0.2) is 46.4 Å². The van der Waals surface area contributed by atoms with Crippen molar-refractivity contribution < 1.29 is 0 Å². The van der Waals surface area contributed by atoms with Crippen LogP contribution in [0.4, 0.5) is 11.8 Å². The van der Waals surface area contributed by atoms with Gasteiger partial charge in [-0.05, 0) is 50.5 Å². The zero-order chi connectivity index (χ0) is 22.9. The summed E-state index contributed by atoms with van der Waals surface area (Å²) < 4.78 is 2.98. The minimum Gasteiger partial charge on any atom is -0.367 e.